The Morgan fingerprint density at radius 2 is 1.91 bits per heavy atom. The molecule has 3 rings (SSSR count). The van der Waals surface area contributed by atoms with E-state index in [1.807, 2.05) is 0 Å². The van der Waals surface area contributed by atoms with E-state index in [9.17, 15) is 9.59 Å². The van der Waals surface area contributed by atoms with Gasteiger partial charge < -0.3 is 10.6 Å². The monoisotopic (exact) mass is 560 g/mol. The van der Waals surface area contributed by atoms with Gasteiger partial charge >= 0.3 is 0 Å². The average Bonchev–Trinajstić information content (AvgIpc) is 3.07. The van der Waals surface area contributed by atoms with Gasteiger partial charge in [0.15, 0.2) is 0 Å². The topological polar surface area (TPSA) is 76.0 Å². The van der Waals surface area contributed by atoms with Gasteiger partial charge in [0.1, 0.15) is 4.33 Å². The molecule has 1 saturated carbocycles. The van der Waals surface area contributed by atoms with E-state index >= 15 is 0 Å². The number of rotatable bonds is 9. The van der Waals surface area contributed by atoms with Crippen LogP contribution in [0.2, 0.25) is 10.0 Å². The van der Waals surface area contributed by atoms with Crippen LogP contribution in [0.1, 0.15) is 18.4 Å². The lowest BCUT2D eigenvalue weighted by atomic mass is 10.1. The van der Waals surface area contributed by atoms with Crippen LogP contribution in [0.3, 0.4) is 0 Å². The third-order valence-electron chi connectivity index (χ3n) is 5.13. The number of amides is 2. The first-order valence-electron chi connectivity index (χ1n) is 10.2. The van der Waals surface area contributed by atoms with E-state index in [1.54, 1.807) is 48.3 Å². The van der Waals surface area contributed by atoms with Crippen molar-refractivity contribution >= 4 is 69.8 Å². The fourth-order valence-electron chi connectivity index (χ4n) is 3.51. The molecule has 1 heterocycles. The molecule has 180 valence electrons. The normalized spacial score (nSPS) is 19.8. The highest BCUT2D eigenvalue weighted by molar-refractivity contribution is 6.53. The van der Waals surface area contributed by atoms with E-state index in [4.69, 9.17) is 58.0 Å². The molecule has 0 radical (unpaired) electrons. The molecule has 34 heavy (non-hydrogen) atoms. The summed E-state index contributed by atoms with van der Waals surface area (Å²) in [5.74, 6) is -2.06. The second-order valence-electron chi connectivity index (χ2n) is 7.64. The molecule has 2 N–H and O–H groups in total. The molecule has 1 aromatic carbocycles. The van der Waals surface area contributed by atoms with Crippen LogP contribution in [0, 0.1) is 5.92 Å². The Hall–Kier alpha value is -1.96. The predicted octanol–water partition coefficient (Wildman–Crippen LogP) is 5.59. The minimum absolute atomic E-state index is 0.132. The summed E-state index contributed by atoms with van der Waals surface area (Å²) in [6.07, 6.45) is 6.24. The van der Waals surface area contributed by atoms with Gasteiger partial charge in [0, 0.05) is 40.6 Å². The third-order valence-corrected chi connectivity index (χ3v) is 6.86. The lowest BCUT2D eigenvalue weighted by Gasteiger charge is -2.10. The van der Waals surface area contributed by atoms with Gasteiger partial charge in [-0.1, -0.05) is 41.4 Å². The molecule has 0 saturated heterocycles. The summed E-state index contributed by atoms with van der Waals surface area (Å²) in [6, 6.07) is 6.72. The highest BCUT2D eigenvalue weighted by Crippen LogP contribution is 2.65. The van der Waals surface area contributed by atoms with Crippen molar-refractivity contribution in [3.05, 3.63) is 87.3 Å². The summed E-state index contributed by atoms with van der Waals surface area (Å²) in [6.45, 7) is 6.05. The fraction of sp³-hybridized carbons (Fsp3) is 0.261. The molecular formula is C23H21Cl5N4O2. The van der Waals surface area contributed by atoms with Gasteiger partial charge in [-0.2, -0.15) is 5.10 Å². The lowest BCUT2D eigenvalue weighted by Crippen LogP contribution is -2.30. The van der Waals surface area contributed by atoms with Crippen molar-refractivity contribution < 1.29 is 9.59 Å². The molecular weight excluding hydrogens is 542 g/mol. The van der Waals surface area contributed by atoms with Crippen molar-refractivity contribution in [2.75, 3.05) is 6.54 Å². The second-order valence-corrected chi connectivity index (χ2v) is 10.4. The Morgan fingerprint density at radius 1 is 1.24 bits per heavy atom. The molecule has 1 aliphatic rings. The van der Waals surface area contributed by atoms with Crippen molar-refractivity contribution in [1.82, 2.24) is 20.4 Å². The Balaban J connectivity index is 1.68. The summed E-state index contributed by atoms with van der Waals surface area (Å²) < 4.78 is 0.365. The summed E-state index contributed by atoms with van der Waals surface area (Å²) in [4.78, 5) is 25.6. The van der Waals surface area contributed by atoms with Crippen molar-refractivity contribution in [3.63, 3.8) is 0 Å². The smallest absolute Gasteiger partial charge is 0.252 e. The molecule has 1 aromatic heterocycles. The Bertz CT molecular complexity index is 1140. The minimum atomic E-state index is -1.32. The van der Waals surface area contributed by atoms with Gasteiger partial charge in [-0.3, -0.25) is 14.3 Å². The Morgan fingerprint density at radius 3 is 2.50 bits per heavy atom. The van der Waals surface area contributed by atoms with E-state index in [-0.39, 0.29) is 10.6 Å². The van der Waals surface area contributed by atoms with Crippen LogP contribution in [0.25, 0.3) is 0 Å². The van der Waals surface area contributed by atoms with Crippen molar-refractivity contribution in [1.29, 1.82) is 0 Å². The number of hydrogen-bond donors (Lipinski definition) is 2. The maximum absolute atomic E-state index is 12.9. The first-order chi connectivity index (χ1) is 16.0. The Labute approximate surface area is 222 Å². The van der Waals surface area contributed by atoms with Gasteiger partial charge in [-0.25, -0.2) is 0 Å². The zero-order valence-electron chi connectivity index (χ0n) is 18.0. The number of aromatic nitrogens is 2. The number of nitrogens with one attached hydrogen (secondary N) is 2. The van der Waals surface area contributed by atoms with Gasteiger partial charge in [0.25, 0.3) is 5.91 Å². The highest BCUT2D eigenvalue weighted by Gasteiger charge is 2.67. The molecule has 2 aromatic rings. The number of allylic oxidation sites excluding steroid dienone is 3. The molecule has 0 bridgehead atoms. The second kappa shape index (κ2) is 11.2. The average molecular weight is 563 g/mol. The van der Waals surface area contributed by atoms with E-state index < -0.39 is 28.0 Å². The molecule has 1 fully saturated rings. The van der Waals surface area contributed by atoms with Crippen LogP contribution in [-0.2, 0) is 16.1 Å². The molecule has 6 nitrogen and oxygen atoms in total. The molecule has 1 aliphatic carbocycles. The maximum atomic E-state index is 12.9. The number of alkyl halides is 2. The first-order valence-corrected chi connectivity index (χ1v) is 12.0. The SMILES string of the molecule is C=C/C(Cl)=C(\C=C(/C)NC(=O)C1C(c2cc(Cl)cc(Cl)c2)C1(Cl)Cl)C(=O)NCCn1cccn1. The summed E-state index contributed by atoms with van der Waals surface area (Å²) in [5, 5.41) is 10.5. The van der Waals surface area contributed by atoms with E-state index in [1.165, 1.54) is 12.2 Å². The fourth-order valence-corrected chi connectivity index (χ4v) is 5.02. The van der Waals surface area contributed by atoms with Gasteiger partial charge in [-0.15, -0.1) is 23.2 Å². The molecule has 2 unspecified atom stereocenters. The zero-order chi connectivity index (χ0) is 25.0. The summed E-state index contributed by atoms with van der Waals surface area (Å²) >= 11 is 31.2. The van der Waals surface area contributed by atoms with Crippen LogP contribution in [-0.4, -0.2) is 32.5 Å². The van der Waals surface area contributed by atoms with Gasteiger partial charge in [-0.05, 0) is 48.9 Å². The molecule has 2 amide bonds. The Kier molecular flexibility index (Phi) is 8.77. The summed E-state index contributed by atoms with van der Waals surface area (Å²) in [7, 11) is 0. The lowest BCUT2D eigenvalue weighted by molar-refractivity contribution is -0.122. The zero-order valence-corrected chi connectivity index (χ0v) is 21.8. The van der Waals surface area contributed by atoms with Crippen molar-refractivity contribution in [2.24, 2.45) is 5.92 Å². The number of halogens is 5. The molecule has 2 atom stereocenters. The van der Waals surface area contributed by atoms with Gasteiger partial charge in [0.2, 0.25) is 5.91 Å². The largest absolute Gasteiger partial charge is 0.350 e. The maximum Gasteiger partial charge on any atom is 0.252 e. The minimum Gasteiger partial charge on any atom is -0.350 e. The van der Waals surface area contributed by atoms with Crippen LogP contribution in [0.15, 0.2) is 71.7 Å². The first kappa shape index (κ1) is 26.6. The molecule has 11 heteroatoms. The van der Waals surface area contributed by atoms with Crippen LogP contribution in [0.5, 0.6) is 0 Å². The standard InChI is InChI=1S/C23H21Cl5N4O2/c1-3-18(26)17(21(33)29-6-8-32-7-4-5-30-32)9-13(2)31-22(34)20-19(23(20,27)28)14-10-15(24)12-16(25)11-14/h3-5,7,9-12,19-20H,1,6,8H2,2H3,(H,29,33)(H,31,34)/b13-9+,18-17-. The van der Waals surface area contributed by atoms with Crippen LogP contribution in [0.4, 0.5) is 0 Å². The van der Waals surface area contributed by atoms with Crippen LogP contribution >= 0.6 is 58.0 Å². The number of hydrogen-bond acceptors (Lipinski definition) is 3. The van der Waals surface area contributed by atoms with E-state index in [0.717, 1.165) is 0 Å². The highest BCUT2D eigenvalue weighted by atomic mass is 35.5. The number of carbonyl (C=O) groups is 2. The van der Waals surface area contributed by atoms with Crippen LogP contribution < -0.4 is 10.6 Å². The van der Waals surface area contributed by atoms with E-state index in [0.29, 0.717) is 34.4 Å². The quantitative estimate of drug-likeness (QED) is 0.238. The molecule has 0 aliphatic heterocycles. The predicted molar refractivity (Wildman–Crippen MR) is 137 cm³/mol. The summed E-state index contributed by atoms with van der Waals surface area (Å²) in [5.41, 5.74) is 1.18. The molecule has 0 spiro atoms. The van der Waals surface area contributed by atoms with E-state index in [2.05, 4.69) is 22.3 Å². The third kappa shape index (κ3) is 6.37. The number of nitrogens with zero attached hydrogens (tertiary/aromatic N) is 2. The number of carbonyl (C=O) groups excluding carboxylic acids is 2. The van der Waals surface area contributed by atoms with Crippen molar-refractivity contribution in [2.45, 2.75) is 23.7 Å². The van der Waals surface area contributed by atoms with Gasteiger partial charge in [0.05, 0.1) is 23.1 Å². The van der Waals surface area contributed by atoms with Crippen molar-refractivity contribution in [3.8, 4) is 0 Å². The number of benzene rings is 1.